The summed E-state index contributed by atoms with van der Waals surface area (Å²) in [5.41, 5.74) is 1.01. The smallest absolute Gasteiger partial charge is 0.107 e. The average molecular weight is 287 g/mol. The summed E-state index contributed by atoms with van der Waals surface area (Å²) in [5, 5.41) is 3.27. The second kappa shape index (κ2) is 6.88. The minimum absolute atomic E-state index is 0.530. The average Bonchev–Trinajstić information content (AvgIpc) is 2.86. The Hall–Kier alpha value is -0.120. The van der Waals surface area contributed by atoms with E-state index in [9.17, 15) is 0 Å². The fourth-order valence-electron chi connectivity index (χ4n) is 2.82. The zero-order valence-electron chi connectivity index (χ0n) is 11.4. The van der Waals surface area contributed by atoms with E-state index in [-0.39, 0.29) is 0 Å². The van der Waals surface area contributed by atoms with E-state index < -0.39 is 0 Å². The summed E-state index contributed by atoms with van der Waals surface area (Å²) in [6.45, 7) is 3.29. The second-order valence-electron chi connectivity index (χ2n) is 5.36. The van der Waals surface area contributed by atoms with Crippen molar-refractivity contribution >= 4 is 22.9 Å². The third-order valence-corrected chi connectivity index (χ3v) is 5.29. The minimum atomic E-state index is 0.530. The fraction of sp³-hybridized carbons (Fsp3) is 0.786. The molecule has 1 saturated carbocycles. The molecule has 0 aromatic carbocycles. The van der Waals surface area contributed by atoms with E-state index >= 15 is 0 Å². The summed E-state index contributed by atoms with van der Waals surface area (Å²) in [7, 11) is 2.23. The van der Waals surface area contributed by atoms with Crippen molar-refractivity contribution in [2.75, 3.05) is 7.05 Å². The van der Waals surface area contributed by atoms with E-state index in [1.165, 1.54) is 37.1 Å². The molecule has 1 heterocycles. The second-order valence-corrected chi connectivity index (χ2v) is 6.57. The molecular formula is C14H23ClN2S. The minimum Gasteiger partial charge on any atom is -0.297 e. The maximum absolute atomic E-state index is 5.79. The molecule has 0 aliphatic heterocycles. The number of hydrogen-bond donors (Lipinski definition) is 0. The first kappa shape index (κ1) is 14.3. The molecule has 0 amide bonds. The molecule has 0 bridgehead atoms. The van der Waals surface area contributed by atoms with Gasteiger partial charge in [-0.25, -0.2) is 4.98 Å². The van der Waals surface area contributed by atoms with Gasteiger partial charge in [0.2, 0.25) is 0 Å². The van der Waals surface area contributed by atoms with E-state index in [1.807, 2.05) is 0 Å². The third kappa shape index (κ3) is 3.69. The largest absolute Gasteiger partial charge is 0.297 e. The van der Waals surface area contributed by atoms with Crippen molar-refractivity contribution in [2.45, 2.75) is 57.5 Å². The molecule has 0 N–H and O–H groups in total. The topological polar surface area (TPSA) is 16.1 Å². The van der Waals surface area contributed by atoms with Gasteiger partial charge in [0.1, 0.15) is 5.01 Å². The van der Waals surface area contributed by atoms with E-state index in [0.717, 1.165) is 24.2 Å². The van der Waals surface area contributed by atoms with Gasteiger partial charge >= 0.3 is 0 Å². The molecule has 2 nitrogen and oxygen atoms in total. The number of aromatic nitrogens is 1. The monoisotopic (exact) mass is 286 g/mol. The van der Waals surface area contributed by atoms with Crippen LogP contribution in [0.15, 0.2) is 5.38 Å². The molecule has 0 unspecified atom stereocenters. The zero-order valence-corrected chi connectivity index (χ0v) is 12.9. The third-order valence-electron chi connectivity index (χ3n) is 4.14. The van der Waals surface area contributed by atoms with Gasteiger partial charge in [-0.05, 0) is 38.6 Å². The summed E-state index contributed by atoms with van der Waals surface area (Å²) in [6, 6.07) is 0.746. The maximum Gasteiger partial charge on any atom is 0.107 e. The molecule has 0 saturated heterocycles. The molecule has 1 aromatic heterocycles. The van der Waals surface area contributed by atoms with Crippen LogP contribution in [0, 0.1) is 5.92 Å². The molecule has 1 aliphatic carbocycles. The van der Waals surface area contributed by atoms with Gasteiger partial charge in [0.15, 0.2) is 0 Å². The standard InChI is InChI=1S/C14H23ClN2S/c1-3-11-4-6-13(7-5-11)17(2)9-14-16-12(8-15)10-18-14/h10-11,13H,3-9H2,1-2H3. The van der Waals surface area contributed by atoms with Gasteiger partial charge in [-0.2, -0.15) is 0 Å². The predicted octanol–water partition coefficient (Wildman–Crippen LogP) is 4.28. The van der Waals surface area contributed by atoms with Crippen LogP contribution >= 0.6 is 22.9 Å². The first-order valence-corrected chi connectivity index (χ1v) is 8.33. The molecule has 4 heteroatoms. The Morgan fingerprint density at radius 2 is 2.11 bits per heavy atom. The van der Waals surface area contributed by atoms with Crippen molar-refractivity contribution in [1.29, 1.82) is 0 Å². The molecule has 0 atom stereocenters. The van der Waals surface area contributed by atoms with Gasteiger partial charge in [-0.15, -0.1) is 22.9 Å². The van der Waals surface area contributed by atoms with Crippen LogP contribution in [0.4, 0.5) is 0 Å². The number of halogens is 1. The molecule has 18 heavy (non-hydrogen) atoms. The molecular weight excluding hydrogens is 264 g/mol. The molecule has 0 spiro atoms. The Morgan fingerprint density at radius 3 is 2.67 bits per heavy atom. The summed E-state index contributed by atoms with van der Waals surface area (Å²) < 4.78 is 0. The van der Waals surface area contributed by atoms with Crippen molar-refractivity contribution in [3.05, 3.63) is 16.1 Å². The highest BCUT2D eigenvalue weighted by Gasteiger charge is 2.23. The van der Waals surface area contributed by atoms with Crippen molar-refractivity contribution in [2.24, 2.45) is 5.92 Å². The maximum atomic E-state index is 5.79. The van der Waals surface area contributed by atoms with Gasteiger partial charge in [-0.3, -0.25) is 4.90 Å². The highest BCUT2D eigenvalue weighted by atomic mass is 35.5. The number of rotatable bonds is 5. The van der Waals surface area contributed by atoms with E-state index in [4.69, 9.17) is 11.6 Å². The highest BCUT2D eigenvalue weighted by molar-refractivity contribution is 7.09. The van der Waals surface area contributed by atoms with Crippen LogP contribution in [-0.2, 0) is 12.4 Å². The Labute approximate surface area is 119 Å². The van der Waals surface area contributed by atoms with Crippen LogP contribution < -0.4 is 0 Å². The molecule has 102 valence electrons. The lowest BCUT2D eigenvalue weighted by Gasteiger charge is -2.34. The van der Waals surface area contributed by atoms with Crippen molar-refractivity contribution < 1.29 is 0 Å². The number of nitrogens with zero attached hydrogens (tertiary/aromatic N) is 2. The molecule has 1 fully saturated rings. The van der Waals surface area contributed by atoms with Gasteiger partial charge in [0.05, 0.1) is 18.1 Å². The van der Waals surface area contributed by atoms with Crippen molar-refractivity contribution in [1.82, 2.24) is 9.88 Å². The Balaban J connectivity index is 1.82. The first-order valence-electron chi connectivity index (χ1n) is 6.92. The summed E-state index contributed by atoms with van der Waals surface area (Å²) in [5.74, 6) is 1.50. The SMILES string of the molecule is CCC1CCC(N(C)Cc2nc(CCl)cs2)CC1. The lowest BCUT2D eigenvalue weighted by atomic mass is 9.84. The fourth-order valence-corrected chi connectivity index (χ4v) is 3.90. The quantitative estimate of drug-likeness (QED) is 0.751. The Kier molecular flexibility index (Phi) is 5.46. The Morgan fingerprint density at radius 1 is 1.39 bits per heavy atom. The summed E-state index contributed by atoms with van der Waals surface area (Å²) >= 11 is 7.52. The van der Waals surface area contributed by atoms with Crippen LogP contribution in [-0.4, -0.2) is 23.0 Å². The van der Waals surface area contributed by atoms with Crippen LogP contribution in [0.3, 0.4) is 0 Å². The number of hydrogen-bond acceptors (Lipinski definition) is 3. The van der Waals surface area contributed by atoms with Gasteiger partial charge in [0, 0.05) is 11.4 Å². The van der Waals surface area contributed by atoms with Gasteiger partial charge in [-0.1, -0.05) is 13.3 Å². The van der Waals surface area contributed by atoms with E-state index in [2.05, 4.69) is 29.2 Å². The van der Waals surface area contributed by atoms with Gasteiger partial charge in [0.25, 0.3) is 0 Å². The zero-order chi connectivity index (χ0) is 13.0. The van der Waals surface area contributed by atoms with E-state index in [1.54, 1.807) is 11.3 Å². The lowest BCUT2D eigenvalue weighted by molar-refractivity contribution is 0.157. The van der Waals surface area contributed by atoms with Crippen molar-refractivity contribution in [3.63, 3.8) is 0 Å². The number of alkyl halides is 1. The van der Waals surface area contributed by atoms with Crippen LogP contribution in [0.1, 0.15) is 49.7 Å². The summed E-state index contributed by atoms with van der Waals surface area (Å²) in [4.78, 5) is 7.01. The van der Waals surface area contributed by atoms with Crippen molar-refractivity contribution in [3.8, 4) is 0 Å². The van der Waals surface area contributed by atoms with Gasteiger partial charge < -0.3 is 0 Å². The highest BCUT2D eigenvalue weighted by Crippen LogP contribution is 2.29. The molecule has 0 radical (unpaired) electrons. The van der Waals surface area contributed by atoms with E-state index in [0.29, 0.717) is 5.88 Å². The summed E-state index contributed by atoms with van der Waals surface area (Å²) in [6.07, 6.45) is 6.85. The normalized spacial score (nSPS) is 24.7. The molecule has 1 aromatic rings. The van der Waals surface area contributed by atoms with Crippen LogP contribution in [0.2, 0.25) is 0 Å². The molecule has 2 rings (SSSR count). The Bertz CT molecular complexity index is 358. The van der Waals surface area contributed by atoms with Crippen LogP contribution in [0.25, 0.3) is 0 Å². The first-order chi connectivity index (χ1) is 8.72. The van der Waals surface area contributed by atoms with Crippen LogP contribution in [0.5, 0.6) is 0 Å². The lowest BCUT2D eigenvalue weighted by Crippen LogP contribution is -2.34. The number of thiazole rings is 1. The molecule has 1 aliphatic rings. The predicted molar refractivity (Wildman–Crippen MR) is 79.2 cm³/mol.